The quantitative estimate of drug-likeness (QED) is 0.424. The molecule has 0 saturated carbocycles. The minimum absolute atomic E-state index is 0.00955. The summed E-state index contributed by atoms with van der Waals surface area (Å²) in [5, 5.41) is 39.3. The van der Waals surface area contributed by atoms with Crippen LogP contribution in [0.1, 0.15) is 29.3 Å². The van der Waals surface area contributed by atoms with Crippen molar-refractivity contribution < 1.29 is 39.5 Å². The largest absolute Gasteiger partial charge is 0.508 e. The van der Waals surface area contributed by atoms with Gasteiger partial charge in [0.05, 0.1) is 23.7 Å². The van der Waals surface area contributed by atoms with E-state index in [2.05, 4.69) is 0 Å². The predicted molar refractivity (Wildman–Crippen MR) is 105 cm³/mol. The molecule has 2 aliphatic rings. The van der Waals surface area contributed by atoms with Crippen LogP contribution in [0.4, 0.5) is 0 Å². The summed E-state index contributed by atoms with van der Waals surface area (Å²) in [6.45, 7) is 3.06. The third kappa shape index (κ3) is 3.86. The Bertz CT molecular complexity index is 993. The van der Waals surface area contributed by atoms with E-state index in [1.165, 1.54) is 31.2 Å². The van der Waals surface area contributed by atoms with Crippen molar-refractivity contribution in [2.45, 2.75) is 26.4 Å². The maximum atomic E-state index is 12.9. The Kier molecular flexibility index (Phi) is 5.54. The number of carboxylic acids is 1. The van der Waals surface area contributed by atoms with E-state index in [1.807, 2.05) is 0 Å². The fraction of sp³-hybridized carbons (Fsp3) is 0.318. The van der Waals surface area contributed by atoms with Crippen LogP contribution in [0, 0.1) is 18.3 Å². The van der Waals surface area contributed by atoms with E-state index in [1.54, 1.807) is 6.92 Å². The second-order valence-corrected chi connectivity index (χ2v) is 7.76. The van der Waals surface area contributed by atoms with Gasteiger partial charge in [0.2, 0.25) is 0 Å². The number of carboxylic acid groups (broad SMARTS) is 1. The van der Waals surface area contributed by atoms with Crippen LogP contribution in [-0.2, 0) is 14.3 Å². The van der Waals surface area contributed by atoms with Crippen molar-refractivity contribution in [3.63, 3.8) is 0 Å². The highest BCUT2D eigenvalue weighted by molar-refractivity contribution is 6.06. The van der Waals surface area contributed by atoms with Gasteiger partial charge in [-0.1, -0.05) is 0 Å². The molecule has 30 heavy (non-hydrogen) atoms. The number of fused-ring (bicyclic) bond motifs is 1. The first-order valence-corrected chi connectivity index (χ1v) is 9.28. The van der Waals surface area contributed by atoms with Gasteiger partial charge in [0.15, 0.2) is 11.6 Å². The van der Waals surface area contributed by atoms with Crippen LogP contribution < -0.4 is 0 Å². The lowest BCUT2D eigenvalue weighted by atomic mass is 9.65. The van der Waals surface area contributed by atoms with E-state index in [4.69, 9.17) is 9.84 Å². The van der Waals surface area contributed by atoms with Gasteiger partial charge in [0, 0.05) is 24.5 Å². The number of Topliss-reactive ketones (excluding diaryl/α,β-unsaturated/α-hetero) is 1. The lowest BCUT2D eigenvalue weighted by Gasteiger charge is -2.42. The second-order valence-electron chi connectivity index (χ2n) is 7.76. The average molecular weight is 414 g/mol. The lowest BCUT2D eigenvalue weighted by molar-refractivity contribution is -0.134. The normalized spacial score (nSPS) is 25.9. The first kappa shape index (κ1) is 21.3. The molecule has 3 rings (SSSR count). The van der Waals surface area contributed by atoms with E-state index in [0.29, 0.717) is 11.1 Å². The topological polar surface area (TPSA) is 141 Å². The molecule has 0 bridgehead atoms. The van der Waals surface area contributed by atoms with Gasteiger partial charge in [-0.25, -0.2) is 4.79 Å². The van der Waals surface area contributed by atoms with E-state index < -0.39 is 40.7 Å². The molecule has 0 radical (unpaired) electrons. The van der Waals surface area contributed by atoms with Crippen LogP contribution in [0.15, 0.2) is 47.8 Å². The zero-order chi connectivity index (χ0) is 22.2. The van der Waals surface area contributed by atoms with Crippen molar-refractivity contribution >= 4 is 17.5 Å². The van der Waals surface area contributed by atoms with Crippen molar-refractivity contribution in [1.82, 2.24) is 0 Å². The first-order valence-electron chi connectivity index (χ1n) is 9.28. The number of aromatic hydroxyl groups is 2. The van der Waals surface area contributed by atoms with Crippen LogP contribution >= 0.6 is 0 Å². The Morgan fingerprint density at radius 3 is 2.60 bits per heavy atom. The molecule has 8 heteroatoms. The van der Waals surface area contributed by atoms with Crippen molar-refractivity contribution in [2.24, 2.45) is 11.3 Å². The molecule has 1 aromatic rings. The molecule has 1 heterocycles. The molecule has 8 nitrogen and oxygen atoms in total. The van der Waals surface area contributed by atoms with Crippen molar-refractivity contribution in [3.05, 3.63) is 58.9 Å². The molecule has 1 aliphatic heterocycles. The third-order valence-electron chi connectivity index (χ3n) is 5.56. The van der Waals surface area contributed by atoms with E-state index >= 15 is 0 Å². The number of phenols is 2. The van der Waals surface area contributed by atoms with Crippen molar-refractivity contribution in [3.8, 4) is 11.5 Å². The Morgan fingerprint density at radius 1 is 1.27 bits per heavy atom. The van der Waals surface area contributed by atoms with Gasteiger partial charge in [-0.15, -0.1) is 0 Å². The fourth-order valence-electron chi connectivity index (χ4n) is 3.90. The number of allylic oxidation sites excluding steroid dienone is 3. The summed E-state index contributed by atoms with van der Waals surface area (Å²) in [6.07, 6.45) is 3.42. The number of ether oxygens (including phenoxy) is 1. The maximum Gasteiger partial charge on any atom is 0.328 e. The zero-order valence-electron chi connectivity index (χ0n) is 16.5. The number of phenolic OH excluding ortho intramolecular Hbond substituents is 2. The minimum Gasteiger partial charge on any atom is -0.508 e. The first-order chi connectivity index (χ1) is 14.0. The Morgan fingerprint density at radius 2 is 1.97 bits per heavy atom. The predicted octanol–water partition coefficient (Wildman–Crippen LogP) is 2.03. The number of carbonyl (C=O) groups excluding carboxylic acids is 2. The van der Waals surface area contributed by atoms with Crippen LogP contribution in [0.25, 0.3) is 0 Å². The van der Waals surface area contributed by atoms with E-state index in [0.717, 1.165) is 12.1 Å². The van der Waals surface area contributed by atoms with Crippen LogP contribution in [0.2, 0.25) is 0 Å². The number of carbonyl (C=O) groups is 3. The number of aliphatic hydroxyl groups excluding tert-OH is 1. The molecular formula is C22H22O8. The highest BCUT2D eigenvalue weighted by Gasteiger charge is 2.49. The number of rotatable bonds is 5. The van der Waals surface area contributed by atoms with Crippen LogP contribution in [0.5, 0.6) is 11.5 Å². The summed E-state index contributed by atoms with van der Waals surface area (Å²) in [5.74, 6) is -3.03. The highest BCUT2D eigenvalue weighted by Crippen LogP contribution is 2.43. The minimum atomic E-state index is -1.44. The molecule has 0 amide bonds. The molecule has 0 aromatic heterocycles. The second kappa shape index (κ2) is 7.79. The maximum absolute atomic E-state index is 12.9. The summed E-state index contributed by atoms with van der Waals surface area (Å²) in [4.78, 5) is 36.4. The molecule has 1 aromatic carbocycles. The standard InChI is InChI=1S/C22H22O8/c1-11-5-13(23)8-16(24)20(11)17(25)9-22(2)18(26)7-12-6-14(3-4-19(27)28)30-10-15(12)21(22)29/h3-8,15,21,23-24,29H,9-10H2,1-2H3,(H,27,28). The monoisotopic (exact) mass is 414 g/mol. The summed E-state index contributed by atoms with van der Waals surface area (Å²) in [7, 11) is 0. The van der Waals surface area contributed by atoms with E-state index in [-0.39, 0.29) is 30.1 Å². The van der Waals surface area contributed by atoms with Crippen molar-refractivity contribution in [1.29, 1.82) is 0 Å². The number of hydrogen-bond acceptors (Lipinski definition) is 7. The Hall–Kier alpha value is -3.39. The summed E-state index contributed by atoms with van der Waals surface area (Å²) in [5.41, 5.74) is -0.593. The van der Waals surface area contributed by atoms with Crippen LogP contribution in [0.3, 0.4) is 0 Å². The van der Waals surface area contributed by atoms with Gasteiger partial charge in [0.1, 0.15) is 17.3 Å². The molecule has 158 valence electrons. The van der Waals surface area contributed by atoms with Gasteiger partial charge in [-0.3, -0.25) is 9.59 Å². The smallest absolute Gasteiger partial charge is 0.328 e. The highest BCUT2D eigenvalue weighted by atomic mass is 16.5. The third-order valence-corrected chi connectivity index (χ3v) is 5.56. The number of benzene rings is 1. The van der Waals surface area contributed by atoms with Gasteiger partial charge in [0.25, 0.3) is 0 Å². The van der Waals surface area contributed by atoms with Gasteiger partial charge in [-0.05, 0) is 49.3 Å². The number of aryl methyl sites for hydroxylation is 1. The Balaban J connectivity index is 1.90. The SMILES string of the molecule is Cc1cc(O)cc(O)c1C(=O)CC1(C)C(=O)C=C2C=C(C=CC(=O)O)OCC2C1O. The fourth-order valence-corrected chi connectivity index (χ4v) is 3.90. The zero-order valence-corrected chi connectivity index (χ0v) is 16.5. The average Bonchev–Trinajstić information content (AvgIpc) is 2.64. The summed E-state index contributed by atoms with van der Waals surface area (Å²) >= 11 is 0. The molecule has 0 fully saturated rings. The molecule has 1 aliphatic carbocycles. The molecule has 0 spiro atoms. The lowest BCUT2D eigenvalue weighted by Crippen LogP contribution is -2.50. The summed E-state index contributed by atoms with van der Waals surface area (Å²) < 4.78 is 5.48. The number of hydrogen-bond donors (Lipinski definition) is 4. The van der Waals surface area contributed by atoms with Gasteiger partial charge < -0.3 is 25.2 Å². The van der Waals surface area contributed by atoms with Gasteiger partial charge in [-0.2, -0.15) is 0 Å². The molecule has 4 N–H and O–H groups in total. The molecular weight excluding hydrogens is 392 g/mol. The Labute approximate surface area is 172 Å². The van der Waals surface area contributed by atoms with Crippen LogP contribution in [-0.4, -0.2) is 50.7 Å². The molecule has 3 atom stereocenters. The number of aliphatic carboxylic acids is 1. The van der Waals surface area contributed by atoms with Gasteiger partial charge >= 0.3 is 5.97 Å². The molecule has 0 saturated heterocycles. The van der Waals surface area contributed by atoms with E-state index in [9.17, 15) is 29.7 Å². The number of aliphatic hydroxyl groups is 1. The molecule has 3 unspecified atom stereocenters. The summed E-state index contributed by atoms with van der Waals surface area (Å²) in [6, 6.07) is 2.38. The van der Waals surface area contributed by atoms with Crippen molar-refractivity contribution in [2.75, 3.05) is 6.61 Å². The number of ketones is 2.